The van der Waals surface area contributed by atoms with E-state index < -0.39 is 0 Å². The maximum atomic E-state index is 13.5. The molecule has 0 radical (unpaired) electrons. The molecule has 1 amide bonds. The summed E-state index contributed by atoms with van der Waals surface area (Å²) < 4.78 is 5.35. The van der Waals surface area contributed by atoms with Gasteiger partial charge in [-0.2, -0.15) is 0 Å². The van der Waals surface area contributed by atoms with Gasteiger partial charge in [0.25, 0.3) is 11.6 Å². The zero-order chi connectivity index (χ0) is 18.4. The molecule has 2 aromatic heterocycles. The molecule has 134 valence electrons. The number of benzene rings is 1. The van der Waals surface area contributed by atoms with Crippen LogP contribution in [0.3, 0.4) is 0 Å². The van der Waals surface area contributed by atoms with E-state index in [1.165, 1.54) is 0 Å². The highest BCUT2D eigenvalue weighted by atomic mass is 16.5. The van der Waals surface area contributed by atoms with Crippen LogP contribution >= 0.6 is 0 Å². The van der Waals surface area contributed by atoms with Gasteiger partial charge in [-0.05, 0) is 49.4 Å². The summed E-state index contributed by atoms with van der Waals surface area (Å²) in [5.74, 6) is 0.123. The van der Waals surface area contributed by atoms with Crippen LogP contribution in [0.4, 0.5) is 11.4 Å². The highest BCUT2D eigenvalue weighted by molar-refractivity contribution is 6.14. The van der Waals surface area contributed by atoms with Crippen molar-refractivity contribution < 1.29 is 9.32 Å². The summed E-state index contributed by atoms with van der Waals surface area (Å²) in [6.45, 7) is 6.59. The average molecular weight is 350 g/mol. The van der Waals surface area contributed by atoms with Gasteiger partial charge in [0.15, 0.2) is 0 Å². The molecule has 1 aliphatic rings. The van der Waals surface area contributed by atoms with E-state index in [0.29, 0.717) is 28.9 Å². The second kappa shape index (κ2) is 6.12. The number of nitrogens with two attached hydrogens (primary N) is 1. The number of fused-ring (bicyclic) bond motifs is 2. The van der Waals surface area contributed by atoms with Crippen molar-refractivity contribution in [3.05, 3.63) is 46.8 Å². The summed E-state index contributed by atoms with van der Waals surface area (Å²) in [6, 6.07) is 7.62. The van der Waals surface area contributed by atoms with Crippen LogP contribution in [0.25, 0.3) is 11.1 Å². The molecular weight excluding hydrogens is 328 g/mol. The summed E-state index contributed by atoms with van der Waals surface area (Å²) in [7, 11) is 0. The Kier molecular flexibility index (Phi) is 3.90. The molecule has 1 aromatic carbocycles. The van der Waals surface area contributed by atoms with E-state index in [1.807, 2.05) is 49.9 Å². The van der Waals surface area contributed by atoms with Crippen molar-refractivity contribution in [3.8, 4) is 0 Å². The third-order valence-electron chi connectivity index (χ3n) is 4.99. The topological polar surface area (TPSA) is 85.2 Å². The lowest BCUT2D eigenvalue weighted by molar-refractivity contribution is 0.0986. The Morgan fingerprint density at radius 3 is 2.92 bits per heavy atom. The average Bonchev–Trinajstić information content (AvgIpc) is 3.01. The van der Waals surface area contributed by atoms with E-state index in [0.717, 1.165) is 35.5 Å². The maximum Gasteiger partial charge on any atom is 0.259 e. The summed E-state index contributed by atoms with van der Waals surface area (Å²) >= 11 is 0. The van der Waals surface area contributed by atoms with Gasteiger partial charge in [-0.1, -0.05) is 25.1 Å². The van der Waals surface area contributed by atoms with Crippen LogP contribution in [0.15, 0.2) is 28.8 Å². The minimum Gasteiger partial charge on any atom is -0.398 e. The number of rotatable bonds is 2. The van der Waals surface area contributed by atoms with Gasteiger partial charge in [0.2, 0.25) is 0 Å². The number of hydrogen-bond acceptors (Lipinski definition) is 5. The Morgan fingerprint density at radius 2 is 2.15 bits per heavy atom. The fraction of sp³-hybridized carbons (Fsp3) is 0.350. The van der Waals surface area contributed by atoms with Gasteiger partial charge < -0.3 is 15.2 Å². The van der Waals surface area contributed by atoms with Gasteiger partial charge in [-0.25, -0.2) is 4.98 Å². The summed E-state index contributed by atoms with van der Waals surface area (Å²) in [5, 5.41) is 4.70. The van der Waals surface area contributed by atoms with E-state index in [2.05, 4.69) is 10.1 Å². The van der Waals surface area contributed by atoms with E-state index in [4.69, 9.17) is 10.3 Å². The molecule has 0 unspecified atom stereocenters. The van der Waals surface area contributed by atoms with Crippen LogP contribution in [0.5, 0.6) is 0 Å². The number of carbonyl (C=O) groups is 1. The maximum absolute atomic E-state index is 13.5. The molecular formula is C20H22N4O2. The number of pyridine rings is 1. The molecule has 0 fully saturated rings. The molecule has 0 atom stereocenters. The van der Waals surface area contributed by atoms with Gasteiger partial charge >= 0.3 is 0 Å². The smallest absolute Gasteiger partial charge is 0.259 e. The van der Waals surface area contributed by atoms with Crippen molar-refractivity contribution in [3.63, 3.8) is 0 Å². The largest absolute Gasteiger partial charge is 0.398 e. The van der Waals surface area contributed by atoms with Crippen molar-refractivity contribution in [2.75, 3.05) is 17.2 Å². The van der Waals surface area contributed by atoms with Gasteiger partial charge in [0.05, 0.1) is 16.6 Å². The number of aromatic nitrogens is 2. The molecule has 3 heterocycles. The molecule has 6 heteroatoms. The van der Waals surface area contributed by atoms with Crippen LogP contribution in [0.1, 0.15) is 53.5 Å². The Labute approximate surface area is 152 Å². The quantitative estimate of drug-likeness (QED) is 0.710. The number of nitrogens with zero attached hydrogens (tertiary/aromatic N) is 3. The second-order valence-electron chi connectivity index (χ2n) is 7.10. The van der Waals surface area contributed by atoms with Crippen molar-refractivity contribution in [1.29, 1.82) is 0 Å². The van der Waals surface area contributed by atoms with Gasteiger partial charge in [-0.3, -0.25) is 4.79 Å². The van der Waals surface area contributed by atoms with Crippen molar-refractivity contribution in [1.82, 2.24) is 10.1 Å². The highest BCUT2D eigenvalue weighted by Crippen LogP contribution is 2.34. The van der Waals surface area contributed by atoms with Crippen LogP contribution in [0, 0.1) is 6.92 Å². The summed E-state index contributed by atoms with van der Waals surface area (Å²) in [5.41, 5.74) is 11.3. The molecule has 6 nitrogen and oxygen atoms in total. The van der Waals surface area contributed by atoms with E-state index in [-0.39, 0.29) is 11.8 Å². The molecule has 0 saturated heterocycles. The number of amides is 1. The predicted molar refractivity (Wildman–Crippen MR) is 101 cm³/mol. The molecule has 0 aliphatic carbocycles. The Hall–Kier alpha value is -2.89. The summed E-state index contributed by atoms with van der Waals surface area (Å²) in [6.07, 6.45) is 1.78. The first-order chi connectivity index (χ1) is 12.5. The lowest BCUT2D eigenvalue weighted by Gasteiger charge is -2.30. The van der Waals surface area contributed by atoms with Crippen molar-refractivity contribution in [2.45, 2.75) is 39.5 Å². The lowest BCUT2D eigenvalue weighted by atomic mass is 9.98. The Morgan fingerprint density at radius 1 is 1.35 bits per heavy atom. The molecule has 0 saturated carbocycles. The highest BCUT2D eigenvalue weighted by Gasteiger charge is 2.28. The van der Waals surface area contributed by atoms with Crippen LogP contribution in [-0.2, 0) is 6.42 Å². The first kappa shape index (κ1) is 16.6. The molecule has 2 N–H and O–H groups in total. The van der Waals surface area contributed by atoms with Crippen LogP contribution < -0.4 is 10.6 Å². The van der Waals surface area contributed by atoms with E-state index >= 15 is 0 Å². The first-order valence-corrected chi connectivity index (χ1v) is 8.93. The van der Waals surface area contributed by atoms with Gasteiger partial charge in [-0.15, -0.1) is 0 Å². The fourth-order valence-electron chi connectivity index (χ4n) is 3.59. The fourth-order valence-corrected chi connectivity index (χ4v) is 3.59. The predicted octanol–water partition coefficient (Wildman–Crippen LogP) is 3.83. The number of nitrogen functional groups attached to an aromatic ring is 1. The van der Waals surface area contributed by atoms with E-state index in [1.54, 1.807) is 0 Å². The molecule has 26 heavy (non-hydrogen) atoms. The molecule has 0 spiro atoms. The molecule has 0 bridgehead atoms. The third kappa shape index (κ3) is 2.53. The normalized spacial score (nSPS) is 14.1. The number of carbonyl (C=O) groups excluding carboxylic acids is 1. The minimum absolute atomic E-state index is 0.0582. The van der Waals surface area contributed by atoms with Crippen LogP contribution in [-0.4, -0.2) is 22.6 Å². The lowest BCUT2D eigenvalue weighted by Crippen LogP contribution is -2.36. The Balaban J connectivity index is 1.88. The monoisotopic (exact) mass is 350 g/mol. The molecule has 3 aromatic rings. The number of hydrogen-bond donors (Lipinski definition) is 1. The Bertz CT molecular complexity index is 1010. The second-order valence-corrected chi connectivity index (χ2v) is 7.10. The first-order valence-electron chi connectivity index (χ1n) is 8.93. The third-order valence-corrected chi connectivity index (χ3v) is 4.99. The molecule has 1 aliphatic heterocycles. The van der Waals surface area contributed by atoms with Gasteiger partial charge in [0, 0.05) is 23.6 Å². The van der Waals surface area contributed by atoms with Crippen molar-refractivity contribution in [2.24, 2.45) is 0 Å². The van der Waals surface area contributed by atoms with E-state index in [9.17, 15) is 4.79 Å². The van der Waals surface area contributed by atoms with Gasteiger partial charge in [0.1, 0.15) is 0 Å². The number of aryl methyl sites for hydroxylation is 1. The zero-order valence-corrected chi connectivity index (χ0v) is 15.2. The standard InChI is InChI=1S/C20H22N4O2/c1-11(2)16-10-14(18-12(3)23-26-19(18)22-16)20(25)24-9-5-6-13-15(21)7-4-8-17(13)24/h4,7-8,10-11H,5-6,9,21H2,1-3H3. The summed E-state index contributed by atoms with van der Waals surface area (Å²) in [4.78, 5) is 19.8. The zero-order valence-electron chi connectivity index (χ0n) is 15.2. The van der Waals surface area contributed by atoms with Crippen LogP contribution in [0.2, 0.25) is 0 Å². The number of anilines is 2. The SMILES string of the molecule is Cc1noc2nc(C(C)C)cc(C(=O)N3CCCc4c(N)cccc43)c12. The molecule has 4 rings (SSSR count). The van der Waals surface area contributed by atoms with Crippen molar-refractivity contribution >= 4 is 28.4 Å². The minimum atomic E-state index is -0.0582.